The van der Waals surface area contributed by atoms with Crippen molar-refractivity contribution in [2.24, 2.45) is 5.92 Å². The van der Waals surface area contributed by atoms with Gasteiger partial charge in [0.15, 0.2) is 0 Å². The van der Waals surface area contributed by atoms with Gasteiger partial charge in [-0.15, -0.1) is 0 Å². The number of benzene rings is 2. The highest BCUT2D eigenvalue weighted by Gasteiger charge is 2.25. The van der Waals surface area contributed by atoms with E-state index in [1.165, 1.54) is 31.9 Å². The molecule has 2 unspecified atom stereocenters. The molecule has 0 aliphatic heterocycles. The number of carbonyl (C=O) groups is 1. The minimum absolute atomic E-state index is 0.225. The molecule has 5 nitrogen and oxygen atoms in total. The summed E-state index contributed by atoms with van der Waals surface area (Å²) in [6.45, 7) is 8.83. The summed E-state index contributed by atoms with van der Waals surface area (Å²) < 4.78 is 7.28. The lowest BCUT2D eigenvalue weighted by atomic mass is 9.87. The van der Waals surface area contributed by atoms with Crippen LogP contribution in [0.2, 0.25) is 0 Å². The average molecular weight is 434 g/mol. The molecule has 1 N–H and O–H groups in total. The number of methoxy groups -OCH3 is 1. The Kier molecular flexibility index (Phi) is 6.54. The van der Waals surface area contributed by atoms with Gasteiger partial charge in [0.1, 0.15) is 0 Å². The Morgan fingerprint density at radius 2 is 1.97 bits per heavy atom. The number of hydrogen-bond acceptors (Lipinski definition) is 4. The van der Waals surface area contributed by atoms with Gasteiger partial charge in [0.25, 0.3) is 0 Å². The summed E-state index contributed by atoms with van der Waals surface area (Å²) in [4.78, 5) is 16.9. The van der Waals surface area contributed by atoms with Crippen molar-refractivity contribution in [3.8, 4) is 0 Å². The fourth-order valence-electron chi connectivity index (χ4n) is 4.88. The van der Waals surface area contributed by atoms with Gasteiger partial charge in [0.2, 0.25) is 5.95 Å². The van der Waals surface area contributed by atoms with Crippen LogP contribution in [0, 0.1) is 12.8 Å². The van der Waals surface area contributed by atoms with Gasteiger partial charge in [-0.25, -0.2) is 4.98 Å². The van der Waals surface area contributed by atoms with Gasteiger partial charge in [0, 0.05) is 11.7 Å². The van der Waals surface area contributed by atoms with Gasteiger partial charge in [-0.2, -0.15) is 0 Å². The molecule has 0 bridgehead atoms. The Bertz CT molecular complexity index is 1100. The van der Waals surface area contributed by atoms with Crippen LogP contribution in [-0.4, -0.2) is 22.6 Å². The van der Waals surface area contributed by atoms with Crippen molar-refractivity contribution >= 4 is 28.6 Å². The summed E-state index contributed by atoms with van der Waals surface area (Å²) in [6.07, 6.45) is 5.14. The highest BCUT2D eigenvalue weighted by atomic mass is 16.5. The lowest BCUT2D eigenvalue weighted by Gasteiger charge is -2.29. The second-order valence-electron chi connectivity index (χ2n) is 9.65. The second kappa shape index (κ2) is 9.35. The first-order chi connectivity index (χ1) is 15.4. The number of rotatable bonds is 6. The molecular weight excluding hydrogens is 398 g/mol. The summed E-state index contributed by atoms with van der Waals surface area (Å²) in [7, 11) is 1.43. The smallest absolute Gasteiger partial charge is 0.309 e. The number of fused-ring (bicyclic) bond motifs is 1. The van der Waals surface area contributed by atoms with Crippen LogP contribution in [0.5, 0.6) is 0 Å². The van der Waals surface area contributed by atoms with Crippen molar-refractivity contribution in [1.29, 1.82) is 0 Å². The third-order valence-corrected chi connectivity index (χ3v) is 6.82. The molecular formula is C27H35N3O2. The van der Waals surface area contributed by atoms with Crippen LogP contribution < -0.4 is 5.32 Å². The van der Waals surface area contributed by atoms with Gasteiger partial charge in [-0.1, -0.05) is 45.7 Å². The van der Waals surface area contributed by atoms with E-state index in [9.17, 15) is 4.79 Å². The molecule has 0 saturated heterocycles. The number of nitrogens with zero attached hydrogens (tertiary/aromatic N) is 2. The molecule has 2 atom stereocenters. The first-order valence-corrected chi connectivity index (χ1v) is 11.8. The number of aromatic nitrogens is 2. The molecule has 1 aliphatic carbocycles. The van der Waals surface area contributed by atoms with Gasteiger partial charge < -0.3 is 14.6 Å². The predicted octanol–water partition coefficient (Wildman–Crippen LogP) is 6.68. The number of hydrogen-bond donors (Lipinski definition) is 1. The Labute approximate surface area is 191 Å². The number of ether oxygens (including phenoxy) is 1. The minimum Gasteiger partial charge on any atom is -0.469 e. The fourth-order valence-corrected chi connectivity index (χ4v) is 4.88. The Morgan fingerprint density at radius 3 is 2.62 bits per heavy atom. The van der Waals surface area contributed by atoms with Crippen molar-refractivity contribution < 1.29 is 9.53 Å². The van der Waals surface area contributed by atoms with E-state index in [1.807, 2.05) is 0 Å². The van der Waals surface area contributed by atoms with E-state index in [0.717, 1.165) is 40.2 Å². The van der Waals surface area contributed by atoms with Gasteiger partial charge in [-0.05, 0) is 72.6 Å². The normalized spacial score (nSPS) is 18.8. The molecule has 2 aromatic carbocycles. The van der Waals surface area contributed by atoms with Crippen LogP contribution in [0.3, 0.4) is 0 Å². The summed E-state index contributed by atoms with van der Waals surface area (Å²) >= 11 is 0. The first kappa shape index (κ1) is 22.4. The molecule has 1 heterocycles. The zero-order valence-corrected chi connectivity index (χ0v) is 19.9. The Hall–Kier alpha value is -2.82. The molecule has 1 aliphatic rings. The lowest BCUT2D eigenvalue weighted by molar-refractivity contribution is -0.139. The van der Waals surface area contributed by atoms with Crippen molar-refractivity contribution in [3.05, 3.63) is 53.1 Å². The Balaban J connectivity index is 1.76. The molecule has 1 aromatic heterocycles. The number of imidazole rings is 1. The highest BCUT2D eigenvalue weighted by Crippen LogP contribution is 2.38. The molecule has 1 saturated carbocycles. The van der Waals surface area contributed by atoms with Crippen LogP contribution in [-0.2, 0) is 16.0 Å². The minimum atomic E-state index is -0.225. The maximum absolute atomic E-state index is 11.9. The molecule has 0 amide bonds. The number of nitrogens with one attached hydrogen (secondary N) is 1. The predicted molar refractivity (Wildman–Crippen MR) is 131 cm³/mol. The summed E-state index contributed by atoms with van der Waals surface area (Å²) in [5.74, 6) is 1.88. The van der Waals surface area contributed by atoms with Crippen molar-refractivity contribution in [3.63, 3.8) is 0 Å². The SMILES string of the molecule is COC(=O)Cc1cc2nc(Nc3ccc(C(C)C)cc3)n(C3CCCC(C)C3)c2cc1C. The van der Waals surface area contributed by atoms with E-state index in [4.69, 9.17) is 9.72 Å². The zero-order valence-electron chi connectivity index (χ0n) is 19.9. The largest absolute Gasteiger partial charge is 0.469 e. The van der Waals surface area contributed by atoms with E-state index < -0.39 is 0 Å². The molecule has 0 radical (unpaired) electrons. The van der Waals surface area contributed by atoms with E-state index >= 15 is 0 Å². The van der Waals surface area contributed by atoms with E-state index in [0.29, 0.717) is 17.9 Å². The van der Waals surface area contributed by atoms with Crippen molar-refractivity contribution in [1.82, 2.24) is 9.55 Å². The molecule has 1 fully saturated rings. The van der Waals surface area contributed by atoms with E-state index in [2.05, 4.69) is 74.0 Å². The standard InChI is InChI=1S/C27H35N3O2/c1-17(2)20-9-11-22(12-10-20)28-27-29-24-15-21(16-26(31)32-5)19(4)14-25(24)30(27)23-8-6-7-18(3)13-23/h9-12,14-15,17-18,23H,6-8,13,16H2,1-5H3,(H,28,29). The van der Waals surface area contributed by atoms with Gasteiger partial charge in [-0.3, -0.25) is 4.79 Å². The van der Waals surface area contributed by atoms with E-state index in [-0.39, 0.29) is 12.4 Å². The second-order valence-corrected chi connectivity index (χ2v) is 9.65. The maximum Gasteiger partial charge on any atom is 0.309 e. The number of anilines is 2. The maximum atomic E-state index is 11.9. The van der Waals surface area contributed by atoms with Crippen LogP contribution in [0.25, 0.3) is 11.0 Å². The number of aryl methyl sites for hydroxylation is 1. The van der Waals surface area contributed by atoms with Crippen LogP contribution in [0.1, 0.15) is 75.1 Å². The van der Waals surface area contributed by atoms with Crippen LogP contribution in [0.4, 0.5) is 11.6 Å². The summed E-state index contributed by atoms with van der Waals surface area (Å²) in [5, 5.41) is 3.59. The molecule has 170 valence electrons. The summed E-state index contributed by atoms with van der Waals surface area (Å²) in [6, 6.07) is 13.3. The van der Waals surface area contributed by atoms with Crippen molar-refractivity contribution in [2.45, 2.75) is 71.8 Å². The fraction of sp³-hybridized carbons (Fsp3) is 0.481. The molecule has 0 spiro atoms. The Morgan fingerprint density at radius 1 is 1.22 bits per heavy atom. The highest BCUT2D eigenvalue weighted by molar-refractivity contribution is 5.83. The molecule has 3 aromatic rings. The molecule has 32 heavy (non-hydrogen) atoms. The first-order valence-electron chi connectivity index (χ1n) is 11.8. The molecule has 5 heteroatoms. The van der Waals surface area contributed by atoms with E-state index in [1.54, 1.807) is 0 Å². The average Bonchev–Trinajstić information content (AvgIpc) is 3.10. The van der Waals surface area contributed by atoms with Crippen LogP contribution in [0.15, 0.2) is 36.4 Å². The van der Waals surface area contributed by atoms with Crippen molar-refractivity contribution in [2.75, 3.05) is 12.4 Å². The quantitative estimate of drug-likeness (QED) is 0.441. The third kappa shape index (κ3) is 4.67. The number of carbonyl (C=O) groups excluding carboxylic acids is 1. The zero-order chi connectivity index (χ0) is 22.8. The number of esters is 1. The van der Waals surface area contributed by atoms with Gasteiger partial charge in [0.05, 0.1) is 24.6 Å². The lowest BCUT2D eigenvalue weighted by Crippen LogP contribution is -2.19. The summed E-state index contributed by atoms with van der Waals surface area (Å²) in [5.41, 5.74) is 6.50. The monoisotopic (exact) mass is 433 g/mol. The topological polar surface area (TPSA) is 56.1 Å². The third-order valence-electron chi connectivity index (χ3n) is 6.82. The van der Waals surface area contributed by atoms with Gasteiger partial charge >= 0.3 is 5.97 Å². The van der Waals surface area contributed by atoms with Crippen LogP contribution >= 0.6 is 0 Å². The molecule has 4 rings (SSSR count).